The molecule has 1 aliphatic rings. The maximum absolute atomic E-state index is 13.0. The van der Waals surface area contributed by atoms with Crippen molar-refractivity contribution in [2.24, 2.45) is 5.92 Å². The molecule has 7 heteroatoms. The number of carbonyl (C=O) groups is 2. The van der Waals surface area contributed by atoms with E-state index >= 15 is 0 Å². The maximum atomic E-state index is 13.0. The lowest BCUT2D eigenvalue weighted by Gasteiger charge is -2.30. The number of ketones is 1. The lowest BCUT2D eigenvalue weighted by atomic mass is 9.95. The molecule has 6 nitrogen and oxygen atoms in total. The molecule has 1 aromatic carbocycles. The summed E-state index contributed by atoms with van der Waals surface area (Å²) >= 11 is 1.72. The normalized spacial score (nSPS) is 15.1. The third-order valence-corrected chi connectivity index (χ3v) is 7.12. The topological polar surface area (TPSA) is 74.6 Å². The number of phenolic OH excluding ortho intramolecular Hbond substituents is 1. The third-order valence-electron chi connectivity index (χ3n) is 6.26. The summed E-state index contributed by atoms with van der Waals surface area (Å²) in [7, 11) is 0. The molecule has 1 fully saturated rings. The predicted octanol–water partition coefficient (Wildman–Crippen LogP) is 4.45. The molecule has 2 N–H and O–H groups in total. The fraction of sp³-hybridized carbons (Fsp3) is 0.360. The Morgan fingerprint density at radius 3 is 2.56 bits per heavy atom. The average molecular weight is 452 g/mol. The van der Waals surface area contributed by atoms with Gasteiger partial charge < -0.3 is 15.0 Å². The van der Waals surface area contributed by atoms with Crippen LogP contribution in [-0.2, 0) is 11.3 Å². The molecule has 0 radical (unpaired) electrons. The van der Waals surface area contributed by atoms with Crippen LogP contribution in [0.3, 0.4) is 0 Å². The lowest BCUT2D eigenvalue weighted by molar-refractivity contribution is -0.121. The number of carbonyl (C=O) groups excluding carboxylic acids is 2. The van der Waals surface area contributed by atoms with E-state index in [0.29, 0.717) is 38.2 Å². The number of likely N-dealkylation sites (tertiary alicyclic amines) is 1. The number of nitrogens with zero attached hydrogens (tertiary/aromatic N) is 2. The number of nitrogens with one attached hydrogen (secondary N) is 1. The summed E-state index contributed by atoms with van der Waals surface area (Å²) in [5.41, 5.74) is 3.34. The number of piperidine rings is 1. The van der Waals surface area contributed by atoms with Crippen molar-refractivity contribution in [3.63, 3.8) is 0 Å². The van der Waals surface area contributed by atoms with Gasteiger partial charge in [-0.25, -0.2) is 0 Å². The Kier molecular flexibility index (Phi) is 6.77. The van der Waals surface area contributed by atoms with Crippen molar-refractivity contribution < 1.29 is 14.7 Å². The van der Waals surface area contributed by atoms with Gasteiger partial charge in [0.2, 0.25) is 5.91 Å². The summed E-state index contributed by atoms with van der Waals surface area (Å²) in [6.45, 7) is 6.64. The molecule has 0 aliphatic carbocycles. The minimum Gasteiger partial charge on any atom is -0.506 e. The van der Waals surface area contributed by atoms with Gasteiger partial charge in [0, 0.05) is 27.7 Å². The number of anilines is 1. The van der Waals surface area contributed by atoms with Gasteiger partial charge >= 0.3 is 0 Å². The number of aryl methyl sites for hydroxylation is 1. The highest BCUT2D eigenvalue weighted by atomic mass is 32.1. The molecule has 4 rings (SSSR count). The van der Waals surface area contributed by atoms with Crippen LogP contribution in [0.25, 0.3) is 0 Å². The van der Waals surface area contributed by atoms with Crippen molar-refractivity contribution in [3.8, 4) is 5.75 Å². The number of rotatable bonds is 7. The Morgan fingerprint density at radius 2 is 1.88 bits per heavy atom. The summed E-state index contributed by atoms with van der Waals surface area (Å²) in [6, 6.07) is 12.9. The van der Waals surface area contributed by atoms with Crippen molar-refractivity contribution in [3.05, 3.63) is 69.7 Å². The van der Waals surface area contributed by atoms with E-state index in [2.05, 4.69) is 26.2 Å². The molecule has 32 heavy (non-hydrogen) atoms. The van der Waals surface area contributed by atoms with Gasteiger partial charge in [-0.05, 0) is 69.4 Å². The monoisotopic (exact) mass is 451 g/mol. The van der Waals surface area contributed by atoms with Crippen molar-refractivity contribution in [1.29, 1.82) is 0 Å². The zero-order valence-electron chi connectivity index (χ0n) is 18.5. The van der Waals surface area contributed by atoms with Crippen LogP contribution in [0.2, 0.25) is 0 Å². The molecule has 0 unspecified atom stereocenters. The highest BCUT2D eigenvalue weighted by Gasteiger charge is 2.27. The second-order valence-corrected chi connectivity index (χ2v) is 9.46. The van der Waals surface area contributed by atoms with E-state index in [-0.39, 0.29) is 23.4 Å². The van der Waals surface area contributed by atoms with Gasteiger partial charge in [-0.1, -0.05) is 18.2 Å². The molecule has 3 heterocycles. The number of benzene rings is 1. The Bertz CT molecular complexity index is 1100. The van der Waals surface area contributed by atoms with E-state index in [1.165, 1.54) is 4.88 Å². The number of hydrogen-bond acceptors (Lipinski definition) is 5. The van der Waals surface area contributed by atoms with E-state index in [4.69, 9.17) is 0 Å². The molecular formula is C25H29N3O3S. The zero-order chi connectivity index (χ0) is 22.7. The van der Waals surface area contributed by atoms with Crippen LogP contribution in [0.5, 0.6) is 5.75 Å². The summed E-state index contributed by atoms with van der Waals surface area (Å²) in [6.07, 6.45) is 1.40. The molecule has 3 aromatic rings. The van der Waals surface area contributed by atoms with Crippen LogP contribution in [-0.4, -0.2) is 45.9 Å². The Hall–Kier alpha value is -2.90. The number of Topliss-reactive ketones (excluding diaryl/α,β-unsaturated/α-hetero) is 1. The molecule has 0 spiro atoms. The summed E-state index contributed by atoms with van der Waals surface area (Å²) < 4.78 is 2.20. The molecule has 0 saturated carbocycles. The Labute approximate surface area is 192 Å². The number of para-hydroxylation sites is 2. The molecule has 1 amide bonds. The molecule has 1 saturated heterocycles. The molecule has 2 aromatic heterocycles. The molecule has 0 atom stereocenters. The SMILES string of the molecule is Cc1cc(C(=O)CN2CCC(C(=O)Nc3ccccc3O)CC2)c(C)n1Cc1cccs1. The minimum atomic E-state index is -0.114. The van der Waals surface area contributed by atoms with Gasteiger partial charge in [0.05, 0.1) is 18.8 Å². The number of thiophene rings is 1. The number of aromatic nitrogens is 1. The number of aromatic hydroxyl groups is 1. The quantitative estimate of drug-likeness (QED) is 0.411. The fourth-order valence-corrected chi connectivity index (χ4v) is 5.03. The van der Waals surface area contributed by atoms with E-state index in [0.717, 1.165) is 23.5 Å². The largest absolute Gasteiger partial charge is 0.506 e. The smallest absolute Gasteiger partial charge is 0.227 e. The first kappa shape index (κ1) is 22.3. The highest BCUT2D eigenvalue weighted by Crippen LogP contribution is 2.25. The van der Waals surface area contributed by atoms with Crippen LogP contribution in [0.1, 0.15) is 39.5 Å². The highest BCUT2D eigenvalue weighted by molar-refractivity contribution is 7.09. The first-order valence-corrected chi connectivity index (χ1v) is 11.8. The van der Waals surface area contributed by atoms with Crippen molar-refractivity contribution in [2.45, 2.75) is 33.2 Å². The molecule has 0 bridgehead atoms. The molecule has 1 aliphatic heterocycles. The fourth-order valence-electron chi connectivity index (χ4n) is 4.34. The van der Waals surface area contributed by atoms with Gasteiger partial charge in [0.15, 0.2) is 5.78 Å². The maximum Gasteiger partial charge on any atom is 0.227 e. The average Bonchev–Trinajstić information content (AvgIpc) is 3.39. The van der Waals surface area contributed by atoms with E-state index in [9.17, 15) is 14.7 Å². The van der Waals surface area contributed by atoms with Crippen molar-refractivity contribution in [1.82, 2.24) is 9.47 Å². The second-order valence-electron chi connectivity index (χ2n) is 8.43. The van der Waals surface area contributed by atoms with Gasteiger partial charge in [-0.15, -0.1) is 11.3 Å². The standard InChI is InChI=1S/C25H29N3O3S/c1-17-14-21(18(2)28(17)15-20-6-5-13-32-20)24(30)16-27-11-9-19(10-12-27)25(31)26-22-7-3-4-8-23(22)29/h3-8,13-14,19,29H,9-12,15-16H2,1-2H3,(H,26,31). The van der Waals surface area contributed by atoms with Crippen LogP contribution in [0.4, 0.5) is 5.69 Å². The first-order valence-electron chi connectivity index (χ1n) is 11.0. The first-order chi connectivity index (χ1) is 15.4. The van der Waals surface area contributed by atoms with Crippen LogP contribution >= 0.6 is 11.3 Å². The van der Waals surface area contributed by atoms with Gasteiger partial charge in [-0.2, -0.15) is 0 Å². The third kappa shape index (κ3) is 4.95. The van der Waals surface area contributed by atoms with Crippen molar-refractivity contribution in [2.75, 3.05) is 25.0 Å². The Balaban J connectivity index is 1.32. The van der Waals surface area contributed by atoms with Crippen LogP contribution in [0, 0.1) is 19.8 Å². The van der Waals surface area contributed by atoms with Crippen LogP contribution < -0.4 is 5.32 Å². The van der Waals surface area contributed by atoms with Gasteiger partial charge in [-0.3, -0.25) is 14.5 Å². The van der Waals surface area contributed by atoms with Crippen LogP contribution in [0.15, 0.2) is 47.8 Å². The minimum absolute atomic E-state index is 0.0700. The molecule has 168 valence electrons. The predicted molar refractivity (Wildman–Crippen MR) is 128 cm³/mol. The van der Waals surface area contributed by atoms with E-state index in [1.54, 1.807) is 35.6 Å². The Morgan fingerprint density at radius 1 is 1.12 bits per heavy atom. The number of hydrogen-bond donors (Lipinski definition) is 2. The summed E-state index contributed by atoms with van der Waals surface area (Å²) in [5.74, 6) is 0.0135. The molecular weight excluding hydrogens is 422 g/mol. The van der Waals surface area contributed by atoms with Gasteiger partial charge in [0.1, 0.15) is 5.75 Å². The zero-order valence-corrected chi connectivity index (χ0v) is 19.3. The lowest BCUT2D eigenvalue weighted by Crippen LogP contribution is -2.40. The van der Waals surface area contributed by atoms with E-state index in [1.807, 2.05) is 26.0 Å². The number of phenols is 1. The summed E-state index contributed by atoms with van der Waals surface area (Å²) in [4.78, 5) is 29.0. The summed E-state index contributed by atoms with van der Waals surface area (Å²) in [5, 5.41) is 14.8. The number of amides is 1. The van der Waals surface area contributed by atoms with Gasteiger partial charge in [0.25, 0.3) is 0 Å². The second kappa shape index (κ2) is 9.71. The van der Waals surface area contributed by atoms with Crippen molar-refractivity contribution >= 4 is 28.7 Å². The van der Waals surface area contributed by atoms with E-state index < -0.39 is 0 Å².